The van der Waals surface area contributed by atoms with Gasteiger partial charge in [0.15, 0.2) is 5.75 Å². The lowest BCUT2D eigenvalue weighted by atomic mass is 10.3. The van der Waals surface area contributed by atoms with Crippen LogP contribution in [0.4, 0.5) is 8.78 Å². The highest BCUT2D eigenvalue weighted by molar-refractivity contribution is 8.14. The van der Waals surface area contributed by atoms with Gasteiger partial charge >= 0.3 is 0 Å². The van der Waals surface area contributed by atoms with Crippen LogP contribution in [0, 0.1) is 0 Å². The van der Waals surface area contributed by atoms with Crippen molar-refractivity contribution in [2.45, 2.75) is 11.3 Å². The Labute approximate surface area is 99.6 Å². The molecule has 0 saturated heterocycles. The van der Waals surface area contributed by atoms with Crippen LogP contribution in [0.25, 0.3) is 0 Å². The maximum Gasteiger partial charge on any atom is 0.284 e. The Hall–Kier alpha value is -0.660. The summed E-state index contributed by atoms with van der Waals surface area (Å²) in [5.41, 5.74) is -0.828. The van der Waals surface area contributed by atoms with Crippen LogP contribution in [-0.2, 0) is 9.05 Å². The van der Waals surface area contributed by atoms with Crippen LogP contribution < -0.4 is 4.74 Å². The molecule has 4 nitrogen and oxygen atoms in total. The summed E-state index contributed by atoms with van der Waals surface area (Å²) >= 11 is 5.52. The van der Waals surface area contributed by atoms with Gasteiger partial charge in [-0.2, -0.15) is 0 Å². The fraction of sp³-hybridized carbons (Fsp3) is 0.286. The van der Waals surface area contributed by atoms with Crippen molar-refractivity contribution in [3.05, 3.63) is 16.9 Å². The topological polar surface area (TPSA) is 56.3 Å². The lowest BCUT2D eigenvalue weighted by Crippen LogP contribution is -2.04. The van der Waals surface area contributed by atoms with Gasteiger partial charge in [0.25, 0.3) is 15.5 Å². The molecule has 0 aliphatic carbocycles. The fourth-order valence-electron chi connectivity index (χ4n) is 1.05. The Bertz CT molecular complexity index is 507. The van der Waals surface area contributed by atoms with Gasteiger partial charge in [-0.05, 0) is 0 Å². The molecule has 0 fully saturated rings. The number of pyridine rings is 1. The van der Waals surface area contributed by atoms with Crippen LogP contribution in [0.3, 0.4) is 0 Å². The summed E-state index contributed by atoms with van der Waals surface area (Å²) < 4.78 is 51.8. The molecule has 0 atom stereocenters. The molecule has 0 unspecified atom stereocenters. The summed E-state index contributed by atoms with van der Waals surface area (Å²) in [6.45, 7) is 0. The lowest BCUT2D eigenvalue weighted by molar-refractivity contribution is 0.140. The van der Waals surface area contributed by atoms with E-state index in [0.717, 1.165) is 13.3 Å². The number of methoxy groups -OCH3 is 1. The van der Waals surface area contributed by atoms with Crippen molar-refractivity contribution in [3.63, 3.8) is 0 Å². The van der Waals surface area contributed by atoms with Gasteiger partial charge < -0.3 is 4.74 Å². The summed E-state index contributed by atoms with van der Waals surface area (Å²) in [6, 6.07) is 0. The van der Waals surface area contributed by atoms with Crippen LogP contribution in [-0.4, -0.2) is 20.5 Å². The molecule has 1 rings (SSSR count). The predicted octanol–water partition coefficient (Wildman–Crippen LogP) is 2.61. The summed E-state index contributed by atoms with van der Waals surface area (Å²) in [7, 11) is 1.79. The van der Waals surface area contributed by atoms with Gasteiger partial charge in [0.05, 0.1) is 12.1 Å². The molecule has 0 radical (unpaired) electrons. The van der Waals surface area contributed by atoms with E-state index in [9.17, 15) is 17.2 Å². The summed E-state index contributed by atoms with van der Waals surface area (Å²) in [5, 5.41) is -0.378. The monoisotopic (exact) mass is 291 g/mol. The van der Waals surface area contributed by atoms with E-state index in [4.69, 9.17) is 22.3 Å². The molecule has 90 valence electrons. The van der Waals surface area contributed by atoms with Crippen LogP contribution in [0.5, 0.6) is 5.75 Å². The quantitative estimate of drug-likeness (QED) is 0.803. The Morgan fingerprint density at radius 3 is 2.44 bits per heavy atom. The van der Waals surface area contributed by atoms with Crippen molar-refractivity contribution < 1.29 is 21.9 Å². The van der Waals surface area contributed by atoms with E-state index in [1.807, 2.05) is 0 Å². The Kier molecular flexibility index (Phi) is 3.92. The molecule has 1 heterocycles. The Morgan fingerprint density at radius 2 is 2.06 bits per heavy atom. The average Bonchev–Trinajstić information content (AvgIpc) is 2.14. The number of aromatic nitrogens is 1. The van der Waals surface area contributed by atoms with Gasteiger partial charge in [-0.3, -0.25) is 0 Å². The van der Waals surface area contributed by atoms with Gasteiger partial charge in [-0.25, -0.2) is 22.2 Å². The lowest BCUT2D eigenvalue weighted by Gasteiger charge is -2.11. The van der Waals surface area contributed by atoms with Crippen LogP contribution in [0.1, 0.15) is 12.1 Å². The minimum atomic E-state index is -4.29. The zero-order valence-corrected chi connectivity index (χ0v) is 10.1. The molecule has 1 aromatic rings. The normalized spacial score (nSPS) is 11.9. The SMILES string of the molecule is COc1c(C(F)F)ncc(Cl)c1S(=O)(=O)Cl. The molecule has 0 amide bonds. The minimum Gasteiger partial charge on any atom is -0.493 e. The van der Waals surface area contributed by atoms with Crippen molar-refractivity contribution in [2.24, 2.45) is 0 Å². The standard InChI is InChI=1S/C7H5Cl2F2NO3S/c1-15-5-4(7(10)11)12-2-3(8)6(5)16(9,13)14/h2,7H,1H3. The third-order valence-corrected chi connectivity index (χ3v) is 3.38. The molecule has 16 heavy (non-hydrogen) atoms. The summed E-state index contributed by atoms with van der Waals surface area (Å²) in [5.74, 6) is -0.641. The fourth-order valence-corrected chi connectivity index (χ4v) is 2.76. The van der Waals surface area contributed by atoms with Crippen molar-refractivity contribution in [1.82, 2.24) is 4.98 Å². The predicted molar refractivity (Wildman–Crippen MR) is 53.8 cm³/mol. The second kappa shape index (κ2) is 4.68. The summed E-state index contributed by atoms with van der Waals surface area (Å²) in [4.78, 5) is 2.59. The highest BCUT2D eigenvalue weighted by Crippen LogP contribution is 2.38. The molecule has 0 N–H and O–H groups in total. The highest BCUT2D eigenvalue weighted by atomic mass is 35.7. The third-order valence-electron chi connectivity index (χ3n) is 1.63. The molecule has 0 saturated carbocycles. The van der Waals surface area contributed by atoms with Crippen molar-refractivity contribution >= 4 is 31.3 Å². The molecule has 0 aliphatic heterocycles. The number of halogens is 4. The molecule has 0 bridgehead atoms. The zero-order valence-electron chi connectivity index (χ0n) is 7.75. The van der Waals surface area contributed by atoms with E-state index < -0.39 is 31.8 Å². The minimum absolute atomic E-state index is 0.378. The number of hydrogen-bond donors (Lipinski definition) is 0. The number of alkyl halides is 2. The third kappa shape index (κ3) is 2.53. The van der Waals surface area contributed by atoms with Crippen LogP contribution in [0.15, 0.2) is 11.1 Å². The number of ether oxygens (including phenoxy) is 1. The first-order valence-electron chi connectivity index (χ1n) is 3.74. The van der Waals surface area contributed by atoms with Gasteiger partial charge in [0, 0.05) is 16.9 Å². The number of hydrogen-bond acceptors (Lipinski definition) is 4. The molecule has 1 aromatic heterocycles. The average molecular weight is 292 g/mol. The maximum atomic E-state index is 12.5. The smallest absolute Gasteiger partial charge is 0.284 e. The van der Waals surface area contributed by atoms with Crippen molar-refractivity contribution in [3.8, 4) is 5.75 Å². The molecule has 0 spiro atoms. The molecule has 9 heteroatoms. The van der Waals surface area contributed by atoms with Gasteiger partial charge in [0.1, 0.15) is 10.6 Å². The maximum absolute atomic E-state index is 12.5. The first-order chi connectivity index (χ1) is 7.29. The van der Waals surface area contributed by atoms with Gasteiger partial charge in [-0.1, -0.05) is 11.6 Å². The second-order valence-electron chi connectivity index (χ2n) is 2.59. The van der Waals surface area contributed by atoms with Gasteiger partial charge in [-0.15, -0.1) is 0 Å². The first kappa shape index (κ1) is 13.4. The van der Waals surface area contributed by atoms with E-state index in [1.165, 1.54) is 0 Å². The van der Waals surface area contributed by atoms with Crippen molar-refractivity contribution in [1.29, 1.82) is 0 Å². The highest BCUT2D eigenvalue weighted by Gasteiger charge is 2.28. The van der Waals surface area contributed by atoms with E-state index in [-0.39, 0.29) is 5.02 Å². The van der Waals surface area contributed by atoms with E-state index in [1.54, 1.807) is 0 Å². The van der Waals surface area contributed by atoms with Crippen LogP contribution in [0.2, 0.25) is 5.02 Å². The molecule has 0 aromatic carbocycles. The van der Waals surface area contributed by atoms with Gasteiger partial charge in [0.2, 0.25) is 0 Å². The van der Waals surface area contributed by atoms with Crippen molar-refractivity contribution in [2.75, 3.05) is 7.11 Å². The molecular weight excluding hydrogens is 287 g/mol. The molecule has 0 aliphatic rings. The number of rotatable bonds is 3. The molecular formula is C7H5Cl2F2NO3S. The first-order valence-corrected chi connectivity index (χ1v) is 6.43. The summed E-state index contributed by atoms with van der Waals surface area (Å²) in [6.07, 6.45) is -2.22. The second-order valence-corrected chi connectivity index (χ2v) is 5.50. The van der Waals surface area contributed by atoms with Crippen LogP contribution >= 0.6 is 22.3 Å². The zero-order chi connectivity index (χ0) is 12.5. The largest absolute Gasteiger partial charge is 0.493 e. The Balaban J connectivity index is 3.64. The Morgan fingerprint density at radius 1 is 1.50 bits per heavy atom. The van der Waals surface area contributed by atoms with E-state index in [2.05, 4.69) is 9.72 Å². The van der Waals surface area contributed by atoms with E-state index in [0.29, 0.717) is 0 Å². The number of nitrogens with zero attached hydrogens (tertiary/aromatic N) is 1. The van der Waals surface area contributed by atoms with E-state index >= 15 is 0 Å².